The SMILES string of the molecule is O=C(N1CCc2cc[c]cc2C1)C(F)(F)F. The van der Waals surface area contributed by atoms with Crippen molar-refractivity contribution >= 4 is 5.91 Å². The minimum Gasteiger partial charge on any atom is -0.330 e. The summed E-state index contributed by atoms with van der Waals surface area (Å²) in [4.78, 5) is 11.8. The maximum Gasteiger partial charge on any atom is 0.471 e. The zero-order chi connectivity index (χ0) is 11.8. The van der Waals surface area contributed by atoms with E-state index in [-0.39, 0.29) is 13.1 Å². The first-order valence-electron chi connectivity index (χ1n) is 4.82. The van der Waals surface area contributed by atoms with Crippen molar-refractivity contribution in [3.05, 3.63) is 35.4 Å². The van der Waals surface area contributed by atoms with Crippen LogP contribution in [0.25, 0.3) is 0 Å². The number of hydrogen-bond acceptors (Lipinski definition) is 1. The summed E-state index contributed by atoms with van der Waals surface area (Å²) in [7, 11) is 0. The molecule has 0 unspecified atom stereocenters. The number of hydrogen-bond donors (Lipinski definition) is 0. The van der Waals surface area contributed by atoms with Crippen molar-refractivity contribution < 1.29 is 18.0 Å². The Hall–Kier alpha value is -1.52. The first-order valence-corrected chi connectivity index (χ1v) is 4.82. The van der Waals surface area contributed by atoms with Crippen LogP contribution in [0, 0.1) is 6.07 Å². The Morgan fingerprint density at radius 3 is 2.81 bits per heavy atom. The van der Waals surface area contributed by atoms with Crippen molar-refractivity contribution in [3.63, 3.8) is 0 Å². The van der Waals surface area contributed by atoms with Gasteiger partial charge in [-0.1, -0.05) is 12.1 Å². The van der Waals surface area contributed by atoms with E-state index in [9.17, 15) is 18.0 Å². The number of amides is 1. The highest BCUT2D eigenvalue weighted by Gasteiger charge is 2.43. The van der Waals surface area contributed by atoms with Crippen LogP contribution < -0.4 is 0 Å². The first-order chi connectivity index (χ1) is 7.48. The van der Waals surface area contributed by atoms with Gasteiger partial charge in [-0.25, -0.2) is 0 Å². The molecule has 16 heavy (non-hydrogen) atoms. The Labute approximate surface area is 90.7 Å². The molecular weight excluding hydrogens is 219 g/mol. The second-order valence-electron chi connectivity index (χ2n) is 3.67. The molecule has 1 heterocycles. The number of benzene rings is 1. The highest BCUT2D eigenvalue weighted by Crippen LogP contribution is 2.24. The molecule has 0 aliphatic carbocycles. The zero-order valence-corrected chi connectivity index (χ0v) is 8.34. The van der Waals surface area contributed by atoms with Gasteiger partial charge in [-0.05, 0) is 29.7 Å². The Bertz CT molecular complexity index is 414. The van der Waals surface area contributed by atoms with Crippen LogP contribution in [-0.2, 0) is 17.8 Å². The van der Waals surface area contributed by atoms with Gasteiger partial charge in [0.05, 0.1) is 0 Å². The van der Waals surface area contributed by atoms with Gasteiger partial charge in [0, 0.05) is 13.1 Å². The van der Waals surface area contributed by atoms with Gasteiger partial charge in [-0.15, -0.1) is 0 Å². The van der Waals surface area contributed by atoms with Gasteiger partial charge in [0.2, 0.25) is 0 Å². The van der Waals surface area contributed by atoms with Crippen LogP contribution in [0.2, 0.25) is 0 Å². The standard InChI is InChI=1S/C11H9F3NO/c12-11(13,14)10(16)15-6-5-8-3-1-2-4-9(8)7-15/h1,3-4H,5-7H2. The van der Waals surface area contributed by atoms with Gasteiger partial charge in [0.25, 0.3) is 0 Å². The van der Waals surface area contributed by atoms with E-state index in [1.54, 1.807) is 12.1 Å². The number of carbonyl (C=O) groups is 1. The van der Waals surface area contributed by atoms with Crippen LogP contribution in [0.1, 0.15) is 11.1 Å². The molecule has 1 aromatic rings. The summed E-state index contributed by atoms with van der Waals surface area (Å²) in [6.45, 7) is 0.139. The molecule has 1 aromatic carbocycles. The number of rotatable bonds is 0. The van der Waals surface area contributed by atoms with E-state index in [4.69, 9.17) is 0 Å². The predicted octanol–water partition coefficient (Wildman–Crippen LogP) is 1.93. The second-order valence-corrected chi connectivity index (χ2v) is 3.67. The molecule has 0 spiro atoms. The number of halogens is 3. The van der Waals surface area contributed by atoms with Gasteiger partial charge in [-0.2, -0.15) is 13.2 Å². The summed E-state index contributed by atoms with van der Waals surface area (Å²) in [5, 5.41) is 0. The van der Waals surface area contributed by atoms with Crippen LogP contribution >= 0.6 is 0 Å². The maximum atomic E-state index is 12.2. The number of alkyl halides is 3. The van der Waals surface area contributed by atoms with Gasteiger partial charge >= 0.3 is 12.1 Å². The summed E-state index contributed by atoms with van der Waals surface area (Å²) < 4.78 is 36.6. The molecule has 0 N–H and O–H groups in total. The van der Waals surface area contributed by atoms with E-state index in [1.807, 2.05) is 6.07 Å². The lowest BCUT2D eigenvalue weighted by Crippen LogP contribution is -2.43. The Kier molecular flexibility index (Phi) is 2.61. The molecule has 0 atom stereocenters. The molecule has 1 aliphatic heterocycles. The molecule has 2 rings (SSSR count). The van der Waals surface area contributed by atoms with Crippen molar-refractivity contribution in [3.8, 4) is 0 Å². The molecule has 2 nitrogen and oxygen atoms in total. The molecule has 0 saturated heterocycles. The Morgan fingerprint density at radius 2 is 2.12 bits per heavy atom. The number of nitrogens with zero attached hydrogens (tertiary/aromatic N) is 1. The smallest absolute Gasteiger partial charge is 0.330 e. The quantitative estimate of drug-likeness (QED) is 0.664. The van der Waals surface area contributed by atoms with Gasteiger partial charge in [0.15, 0.2) is 0 Å². The molecule has 0 bridgehead atoms. The fourth-order valence-electron chi connectivity index (χ4n) is 1.78. The van der Waals surface area contributed by atoms with Crippen LogP contribution in [0.4, 0.5) is 13.2 Å². The van der Waals surface area contributed by atoms with Crippen LogP contribution in [0.3, 0.4) is 0 Å². The Balaban J connectivity index is 2.17. The highest BCUT2D eigenvalue weighted by molar-refractivity contribution is 5.82. The zero-order valence-electron chi connectivity index (χ0n) is 8.34. The third-order valence-corrected chi connectivity index (χ3v) is 2.59. The van der Waals surface area contributed by atoms with Crippen LogP contribution in [0.5, 0.6) is 0 Å². The molecule has 0 aromatic heterocycles. The normalized spacial score (nSPS) is 15.8. The van der Waals surface area contributed by atoms with E-state index in [0.29, 0.717) is 6.42 Å². The predicted molar refractivity (Wildman–Crippen MR) is 50.5 cm³/mol. The molecule has 1 amide bonds. The summed E-state index contributed by atoms with van der Waals surface area (Å²) in [6, 6.07) is 7.98. The van der Waals surface area contributed by atoms with E-state index in [2.05, 4.69) is 6.07 Å². The molecule has 0 saturated carbocycles. The summed E-state index contributed by atoms with van der Waals surface area (Å²) in [6.07, 6.45) is -4.32. The maximum absolute atomic E-state index is 12.2. The van der Waals surface area contributed by atoms with Crippen molar-refractivity contribution in [2.75, 3.05) is 6.54 Å². The third kappa shape index (κ3) is 2.03. The highest BCUT2D eigenvalue weighted by atomic mass is 19.4. The van der Waals surface area contributed by atoms with Gasteiger partial charge in [-0.3, -0.25) is 4.79 Å². The fourth-order valence-corrected chi connectivity index (χ4v) is 1.78. The second kappa shape index (κ2) is 3.81. The average Bonchev–Trinajstić information content (AvgIpc) is 2.26. The van der Waals surface area contributed by atoms with Gasteiger partial charge in [0.1, 0.15) is 0 Å². The van der Waals surface area contributed by atoms with Crippen molar-refractivity contribution in [1.82, 2.24) is 4.90 Å². The largest absolute Gasteiger partial charge is 0.471 e. The minimum absolute atomic E-state index is 0.0189. The number of fused-ring (bicyclic) bond motifs is 1. The fraction of sp³-hybridized carbons (Fsp3) is 0.364. The summed E-state index contributed by atoms with van der Waals surface area (Å²) >= 11 is 0. The molecule has 85 valence electrons. The molecule has 5 heteroatoms. The molecule has 1 radical (unpaired) electrons. The first kappa shape index (κ1) is 11.0. The number of carbonyl (C=O) groups excluding carboxylic acids is 1. The molecular formula is C11H9F3NO. The summed E-state index contributed by atoms with van der Waals surface area (Å²) in [5.41, 5.74) is 1.73. The Morgan fingerprint density at radius 1 is 1.38 bits per heavy atom. The lowest BCUT2D eigenvalue weighted by Gasteiger charge is -2.29. The van der Waals surface area contributed by atoms with E-state index < -0.39 is 12.1 Å². The lowest BCUT2D eigenvalue weighted by molar-refractivity contribution is -0.186. The van der Waals surface area contributed by atoms with Gasteiger partial charge < -0.3 is 4.90 Å². The topological polar surface area (TPSA) is 20.3 Å². The van der Waals surface area contributed by atoms with Crippen LogP contribution in [-0.4, -0.2) is 23.5 Å². The molecule has 1 aliphatic rings. The molecule has 0 fully saturated rings. The van der Waals surface area contributed by atoms with Crippen molar-refractivity contribution in [2.45, 2.75) is 19.1 Å². The van der Waals surface area contributed by atoms with E-state index >= 15 is 0 Å². The van der Waals surface area contributed by atoms with E-state index in [0.717, 1.165) is 16.0 Å². The monoisotopic (exact) mass is 228 g/mol. The lowest BCUT2D eigenvalue weighted by atomic mass is 10.00. The summed E-state index contributed by atoms with van der Waals surface area (Å²) in [5.74, 6) is -1.76. The van der Waals surface area contributed by atoms with Crippen LogP contribution in [0.15, 0.2) is 18.2 Å². The average molecular weight is 228 g/mol. The third-order valence-electron chi connectivity index (χ3n) is 2.59. The van der Waals surface area contributed by atoms with Crippen molar-refractivity contribution in [2.24, 2.45) is 0 Å². The van der Waals surface area contributed by atoms with Crippen molar-refractivity contribution in [1.29, 1.82) is 0 Å². The minimum atomic E-state index is -4.78. The van der Waals surface area contributed by atoms with E-state index in [1.165, 1.54) is 0 Å².